The van der Waals surface area contributed by atoms with Gasteiger partial charge in [0, 0.05) is 13.1 Å². The van der Waals surface area contributed by atoms with Crippen molar-refractivity contribution in [2.24, 2.45) is 11.1 Å². The zero-order valence-electron chi connectivity index (χ0n) is 12.6. The number of rotatable bonds is 2. The van der Waals surface area contributed by atoms with Gasteiger partial charge in [0.2, 0.25) is 0 Å². The molecule has 2 aliphatic rings. The van der Waals surface area contributed by atoms with E-state index in [4.69, 9.17) is 11.5 Å². The Morgan fingerprint density at radius 3 is 2.33 bits per heavy atom. The Bertz CT molecular complexity index is 525. The molecule has 2 fully saturated rings. The summed E-state index contributed by atoms with van der Waals surface area (Å²) < 4.78 is 0. The quantitative estimate of drug-likeness (QED) is 0.821. The van der Waals surface area contributed by atoms with Gasteiger partial charge in [-0.3, -0.25) is 4.79 Å². The number of hydrogen-bond acceptors (Lipinski definition) is 3. The van der Waals surface area contributed by atoms with Crippen LogP contribution in [0.3, 0.4) is 0 Å². The molecule has 4 N–H and O–H groups in total. The van der Waals surface area contributed by atoms with Gasteiger partial charge in [-0.2, -0.15) is 0 Å². The highest BCUT2D eigenvalue weighted by molar-refractivity contribution is 6.01. The number of hydrogen-bond donors (Lipinski definition) is 2. The average molecular weight is 287 g/mol. The van der Waals surface area contributed by atoms with Gasteiger partial charge in [-0.15, -0.1) is 0 Å². The number of benzene rings is 1. The lowest BCUT2D eigenvalue weighted by molar-refractivity contribution is 0.100. The SMILES string of the molecule is NC(=O)c1cccc(N)c1N1CCC2(CCCCC2)CC1. The summed E-state index contributed by atoms with van der Waals surface area (Å²) in [6.07, 6.45) is 9.30. The third-order valence-corrected chi connectivity index (χ3v) is 5.39. The van der Waals surface area contributed by atoms with Crippen LogP contribution in [0, 0.1) is 5.41 Å². The molecule has 1 spiro atoms. The number of piperidine rings is 1. The van der Waals surface area contributed by atoms with E-state index in [-0.39, 0.29) is 0 Å². The minimum Gasteiger partial charge on any atom is -0.397 e. The van der Waals surface area contributed by atoms with Crippen molar-refractivity contribution in [2.45, 2.75) is 44.9 Å². The van der Waals surface area contributed by atoms with E-state index in [0.29, 0.717) is 16.7 Å². The number of carbonyl (C=O) groups is 1. The minimum atomic E-state index is -0.393. The van der Waals surface area contributed by atoms with Crippen LogP contribution in [0.4, 0.5) is 11.4 Å². The predicted octanol–water partition coefficient (Wildman–Crippen LogP) is 2.92. The van der Waals surface area contributed by atoms with Gasteiger partial charge in [0.15, 0.2) is 0 Å². The maximum Gasteiger partial charge on any atom is 0.250 e. The molecule has 21 heavy (non-hydrogen) atoms. The molecule has 0 radical (unpaired) electrons. The second kappa shape index (κ2) is 5.58. The number of carbonyl (C=O) groups excluding carboxylic acids is 1. The van der Waals surface area contributed by atoms with Crippen molar-refractivity contribution in [3.8, 4) is 0 Å². The molecule has 0 bridgehead atoms. The highest BCUT2D eigenvalue weighted by Crippen LogP contribution is 2.45. The van der Waals surface area contributed by atoms with Crippen LogP contribution in [-0.2, 0) is 0 Å². The minimum absolute atomic E-state index is 0.393. The van der Waals surface area contributed by atoms with Gasteiger partial charge in [0.1, 0.15) is 0 Å². The van der Waals surface area contributed by atoms with Crippen LogP contribution < -0.4 is 16.4 Å². The fraction of sp³-hybridized carbons (Fsp3) is 0.588. The molecule has 3 rings (SSSR count). The lowest BCUT2D eigenvalue weighted by Crippen LogP contribution is -2.42. The van der Waals surface area contributed by atoms with Crippen LogP contribution in [0.5, 0.6) is 0 Å². The third kappa shape index (κ3) is 2.71. The Hall–Kier alpha value is -1.71. The molecule has 1 aliphatic heterocycles. The van der Waals surface area contributed by atoms with E-state index < -0.39 is 5.91 Å². The maximum absolute atomic E-state index is 11.7. The highest BCUT2D eigenvalue weighted by Gasteiger charge is 2.36. The molecule has 1 aromatic rings. The Morgan fingerprint density at radius 2 is 1.71 bits per heavy atom. The first-order valence-electron chi connectivity index (χ1n) is 8.05. The number of primary amides is 1. The summed E-state index contributed by atoms with van der Waals surface area (Å²) in [5, 5.41) is 0. The van der Waals surface area contributed by atoms with E-state index in [1.54, 1.807) is 12.1 Å². The van der Waals surface area contributed by atoms with Gasteiger partial charge in [0.25, 0.3) is 5.91 Å². The molecule has 4 nitrogen and oxygen atoms in total. The molecular weight excluding hydrogens is 262 g/mol. The molecule has 1 heterocycles. The first-order chi connectivity index (χ1) is 10.1. The normalized spacial score (nSPS) is 21.4. The Balaban J connectivity index is 1.79. The molecule has 4 heteroatoms. The fourth-order valence-electron chi connectivity index (χ4n) is 4.12. The van der Waals surface area contributed by atoms with Crippen LogP contribution in [0.1, 0.15) is 55.3 Å². The van der Waals surface area contributed by atoms with Gasteiger partial charge in [-0.05, 0) is 43.2 Å². The number of para-hydroxylation sites is 1. The van der Waals surface area contributed by atoms with Gasteiger partial charge >= 0.3 is 0 Å². The number of nitrogen functional groups attached to an aromatic ring is 1. The number of nitrogens with zero attached hydrogens (tertiary/aromatic N) is 1. The van der Waals surface area contributed by atoms with Crippen LogP contribution in [0.25, 0.3) is 0 Å². The average Bonchev–Trinajstić information content (AvgIpc) is 2.49. The van der Waals surface area contributed by atoms with Crippen molar-refractivity contribution in [2.75, 3.05) is 23.7 Å². The maximum atomic E-state index is 11.7. The first-order valence-corrected chi connectivity index (χ1v) is 8.05. The second-order valence-electron chi connectivity index (χ2n) is 6.66. The van der Waals surface area contributed by atoms with Crippen LogP contribution in [-0.4, -0.2) is 19.0 Å². The van der Waals surface area contributed by atoms with E-state index in [1.807, 2.05) is 6.07 Å². The lowest BCUT2D eigenvalue weighted by atomic mass is 9.68. The molecule has 114 valence electrons. The molecule has 0 aromatic heterocycles. The smallest absolute Gasteiger partial charge is 0.250 e. The Labute approximate surface area is 126 Å². The van der Waals surface area contributed by atoms with Crippen molar-refractivity contribution in [1.82, 2.24) is 0 Å². The number of amides is 1. The highest BCUT2D eigenvalue weighted by atomic mass is 16.1. The van der Waals surface area contributed by atoms with Crippen molar-refractivity contribution < 1.29 is 4.79 Å². The van der Waals surface area contributed by atoms with Crippen molar-refractivity contribution in [3.05, 3.63) is 23.8 Å². The van der Waals surface area contributed by atoms with E-state index in [2.05, 4.69) is 4.90 Å². The predicted molar refractivity (Wildman–Crippen MR) is 86.3 cm³/mol. The molecule has 1 saturated heterocycles. The number of nitrogens with two attached hydrogens (primary N) is 2. The standard InChI is InChI=1S/C17H25N3O/c18-14-6-4-5-13(16(19)21)15(14)20-11-9-17(10-12-20)7-2-1-3-8-17/h4-6H,1-3,7-12,18H2,(H2,19,21). The molecule has 0 unspecified atom stereocenters. The number of anilines is 2. The Morgan fingerprint density at radius 1 is 1.05 bits per heavy atom. The summed E-state index contributed by atoms with van der Waals surface area (Å²) in [5.41, 5.74) is 14.2. The summed E-state index contributed by atoms with van der Waals surface area (Å²) in [4.78, 5) is 13.9. The summed E-state index contributed by atoms with van der Waals surface area (Å²) >= 11 is 0. The van der Waals surface area contributed by atoms with Crippen molar-refractivity contribution in [1.29, 1.82) is 0 Å². The largest absolute Gasteiger partial charge is 0.397 e. The Kier molecular flexibility index (Phi) is 3.79. The van der Waals surface area contributed by atoms with Crippen molar-refractivity contribution >= 4 is 17.3 Å². The zero-order valence-corrected chi connectivity index (χ0v) is 12.6. The van der Waals surface area contributed by atoms with Gasteiger partial charge in [-0.25, -0.2) is 0 Å². The summed E-state index contributed by atoms with van der Waals surface area (Å²) in [7, 11) is 0. The lowest BCUT2D eigenvalue weighted by Gasteiger charge is -2.45. The van der Waals surface area contributed by atoms with Crippen LogP contribution in [0.2, 0.25) is 0 Å². The van der Waals surface area contributed by atoms with Gasteiger partial charge < -0.3 is 16.4 Å². The zero-order chi connectivity index (χ0) is 14.9. The van der Waals surface area contributed by atoms with Crippen LogP contribution >= 0.6 is 0 Å². The van der Waals surface area contributed by atoms with E-state index in [0.717, 1.165) is 18.8 Å². The second-order valence-corrected chi connectivity index (χ2v) is 6.66. The van der Waals surface area contributed by atoms with Crippen molar-refractivity contribution in [3.63, 3.8) is 0 Å². The molecule has 1 amide bonds. The van der Waals surface area contributed by atoms with Gasteiger partial charge in [0.05, 0.1) is 16.9 Å². The van der Waals surface area contributed by atoms with Crippen LogP contribution in [0.15, 0.2) is 18.2 Å². The molecule has 1 aliphatic carbocycles. The molecule has 1 aromatic carbocycles. The van der Waals surface area contributed by atoms with E-state index in [9.17, 15) is 4.79 Å². The first kappa shape index (κ1) is 14.2. The molecule has 0 atom stereocenters. The van der Waals surface area contributed by atoms with Gasteiger partial charge in [-0.1, -0.05) is 25.3 Å². The molecule has 1 saturated carbocycles. The topological polar surface area (TPSA) is 72.3 Å². The van der Waals surface area contributed by atoms with E-state index in [1.165, 1.54) is 44.9 Å². The van der Waals surface area contributed by atoms with E-state index >= 15 is 0 Å². The molecular formula is C17H25N3O. The summed E-state index contributed by atoms with van der Waals surface area (Å²) in [6, 6.07) is 5.43. The third-order valence-electron chi connectivity index (χ3n) is 5.39. The summed E-state index contributed by atoms with van der Waals surface area (Å²) in [5.74, 6) is -0.393. The monoisotopic (exact) mass is 287 g/mol. The fourth-order valence-corrected chi connectivity index (χ4v) is 4.12. The summed E-state index contributed by atoms with van der Waals surface area (Å²) in [6.45, 7) is 1.96.